The van der Waals surface area contributed by atoms with Crippen LogP contribution >= 0.6 is 11.3 Å². The second-order valence-corrected chi connectivity index (χ2v) is 6.01. The fourth-order valence-corrected chi connectivity index (χ4v) is 3.34. The van der Waals surface area contributed by atoms with E-state index in [1.165, 1.54) is 22.6 Å². The van der Waals surface area contributed by atoms with Crippen molar-refractivity contribution in [1.82, 2.24) is 9.97 Å². The van der Waals surface area contributed by atoms with E-state index >= 15 is 0 Å². The van der Waals surface area contributed by atoms with Crippen LogP contribution in [-0.4, -0.2) is 16.6 Å². The first-order chi connectivity index (χ1) is 9.78. The first-order valence-corrected chi connectivity index (χ1v) is 7.89. The molecule has 20 heavy (non-hydrogen) atoms. The molecular formula is C15H19N3OS. The number of nitrogens with zero attached hydrogens (tertiary/aromatic N) is 2. The van der Waals surface area contributed by atoms with Crippen LogP contribution in [0.5, 0.6) is 5.88 Å². The van der Waals surface area contributed by atoms with Gasteiger partial charge in [0.25, 0.3) is 0 Å². The molecule has 0 radical (unpaired) electrons. The Kier molecular flexibility index (Phi) is 3.98. The number of nitrogens with two attached hydrogens (primary N) is 1. The van der Waals surface area contributed by atoms with Crippen LogP contribution < -0.4 is 10.5 Å². The summed E-state index contributed by atoms with van der Waals surface area (Å²) in [5, 5.41) is 0. The Balaban J connectivity index is 1.69. The monoisotopic (exact) mass is 289 g/mol. The molecule has 4 nitrogen and oxygen atoms in total. The maximum Gasteiger partial charge on any atom is 0.218 e. The van der Waals surface area contributed by atoms with Gasteiger partial charge in [-0.1, -0.05) is 0 Å². The van der Waals surface area contributed by atoms with E-state index in [0.717, 1.165) is 36.4 Å². The highest BCUT2D eigenvalue weighted by Crippen LogP contribution is 2.26. The molecule has 0 saturated heterocycles. The van der Waals surface area contributed by atoms with E-state index < -0.39 is 0 Å². The first kappa shape index (κ1) is 13.5. The molecule has 2 heterocycles. The summed E-state index contributed by atoms with van der Waals surface area (Å²) in [6.45, 7) is 3.14. The summed E-state index contributed by atoms with van der Waals surface area (Å²) >= 11 is 1.68. The van der Waals surface area contributed by atoms with Crippen molar-refractivity contribution in [3.05, 3.63) is 39.0 Å². The lowest BCUT2D eigenvalue weighted by Gasteiger charge is -2.11. The molecule has 0 atom stereocenters. The van der Waals surface area contributed by atoms with Gasteiger partial charge in [0.15, 0.2) is 0 Å². The van der Waals surface area contributed by atoms with Gasteiger partial charge in [-0.25, -0.2) is 9.97 Å². The van der Waals surface area contributed by atoms with Crippen LogP contribution in [0.4, 0.5) is 0 Å². The van der Waals surface area contributed by atoms with E-state index in [1.54, 1.807) is 11.3 Å². The number of ether oxygens (including phenoxy) is 1. The Bertz CT molecular complexity index is 609. The van der Waals surface area contributed by atoms with Gasteiger partial charge in [0.1, 0.15) is 0 Å². The standard InChI is InChI=1S/C15H19N3OS/c1-10-14(20-9-17-10)5-6-19-15-12(8-16)7-11-3-2-4-13(11)18-15/h7,9H,2-6,8,16H2,1H3. The molecule has 5 heteroatoms. The topological polar surface area (TPSA) is 61.0 Å². The van der Waals surface area contributed by atoms with E-state index in [-0.39, 0.29) is 0 Å². The van der Waals surface area contributed by atoms with Gasteiger partial charge in [0, 0.05) is 29.1 Å². The second kappa shape index (κ2) is 5.89. The molecule has 2 aromatic heterocycles. The van der Waals surface area contributed by atoms with Gasteiger partial charge in [-0.15, -0.1) is 11.3 Å². The van der Waals surface area contributed by atoms with Crippen LogP contribution in [0.25, 0.3) is 0 Å². The van der Waals surface area contributed by atoms with Crippen molar-refractivity contribution < 1.29 is 4.74 Å². The highest BCUT2D eigenvalue weighted by molar-refractivity contribution is 7.09. The number of hydrogen-bond donors (Lipinski definition) is 1. The van der Waals surface area contributed by atoms with E-state index in [4.69, 9.17) is 10.5 Å². The number of aromatic nitrogens is 2. The van der Waals surface area contributed by atoms with Crippen LogP contribution in [0.15, 0.2) is 11.6 Å². The predicted molar refractivity (Wildman–Crippen MR) is 80.2 cm³/mol. The number of fused-ring (bicyclic) bond motifs is 1. The zero-order chi connectivity index (χ0) is 13.9. The summed E-state index contributed by atoms with van der Waals surface area (Å²) in [5.74, 6) is 0.718. The lowest BCUT2D eigenvalue weighted by Crippen LogP contribution is -2.09. The summed E-state index contributed by atoms with van der Waals surface area (Å²) in [4.78, 5) is 10.2. The van der Waals surface area contributed by atoms with Gasteiger partial charge in [-0.3, -0.25) is 0 Å². The molecule has 0 saturated carbocycles. The molecule has 0 amide bonds. The molecule has 1 aliphatic rings. The minimum Gasteiger partial charge on any atom is -0.477 e. The molecule has 0 aliphatic heterocycles. The maximum atomic E-state index is 5.87. The van der Waals surface area contributed by atoms with Gasteiger partial charge in [0.05, 0.1) is 17.8 Å². The largest absolute Gasteiger partial charge is 0.477 e. The Hall–Kier alpha value is -1.46. The highest BCUT2D eigenvalue weighted by Gasteiger charge is 2.16. The maximum absolute atomic E-state index is 5.87. The number of aryl methyl sites for hydroxylation is 3. The second-order valence-electron chi connectivity index (χ2n) is 5.08. The van der Waals surface area contributed by atoms with Gasteiger partial charge in [0.2, 0.25) is 5.88 Å². The molecule has 106 valence electrons. The first-order valence-electron chi connectivity index (χ1n) is 7.01. The average Bonchev–Trinajstić information content (AvgIpc) is 3.06. The van der Waals surface area contributed by atoms with Crippen LogP contribution in [0.2, 0.25) is 0 Å². The molecule has 0 fully saturated rings. The van der Waals surface area contributed by atoms with E-state index in [9.17, 15) is 0 Å². The highest BCUT2D eigenvalue weighted by atomic mass is 32.1. The third-order valence-corrected chi connectivity index (χ3v) is 4.72. The van der Waals surface area contributed by atoms with Crippen molar-refractivity contribution in [2.45, 2.75) is 39.2 Å². The lowest BCUT2D eigenvalue weighted by molar-refractivity contribution is 0.306. The number of rotatable bonds is 5. The molecule has 2 N–H and O–H groups in total. The van der Waals surface area contributed by atoms with Gasteiger partial charge >= 0.3 is 0 Å². The van der Waals surface area contributed by atoms with Crippen LogP contribution in [0, 0.1) is 6.92 Å². The molecule has 0 aromatic carbocycles. The molecule has 0 unspecified atom stereocenters. The molecule has 0 bridgehead atoms. The van der Waals surface area contributed by atoms with Crippen molar-refractivity contribution in [3.8, 4) is 5.88 Å². The Morgan fingerprint density at radius 3 is 3.05 bits per heavy atom. The van der Waals surface area contributed by atoms with Crippen molar-refractivity contribution in [1.29, 1.82) is 0 Å². The lowest BCUT2D eigenvalue weighted by atomic mass is 10.1. The average molecular weight is 289 g/mol. The quantitative estimate of drug-likeness (QED) is 0.918. The minimum atomic E-state index is 0.481. The smallest absolute Gasteiger partial charge is 0.218 e. The van der Waals surface area contributed by atoms with E-state index in [1.807, 2.05) is 12.4 Å². The predicted octanol–water partition coefficient (Wildman–Crippen LogP) is 2.42. The van der Waals surface area contributed by atoms with E-state index in [0.29, 0.717) is 13.2 Å². The molecule has 2 aromatic rings. The molecule has 1 aliphatic carbocycles. The van der Waals surface area contributed by atoms with Crippen molar-refractivity contribution in [2.75, 3.05) is 6.61 Å². The minimum absolute atomic E-state index is 0.481. The summed E-state index contributed by atoms with van der Waals surface area (Å²) in [6, 6.07) is 2.17. The summed E-state index contributed by atoms with van der Waals surface area (Å²) in [7, 11) is 0. The number of hydrogen-bond acceptors (Lipinski definition) is 5. The molecular weight excluding hydrogens is 270 g/mol. The molecule has 0 spiro atoms. The third-order valence-electron chi connectivity index (χ3n) is 3.72. The summed E-state index contributed by atoms with van der Waals surface area (Å²) in [6.07, 6.45) is 4.25. The van der Waals surface area contributed by atoms with Crippen LogP contribution in [0.3, 0.4) is 0 Å². The third kappa shape index (κ3) is 2.69. The Labute approximate surface area is 123 Å². The normalized spacial score (nSPS) is 13.5. The van der Waals surface area contributed by atoms with Crippen LogP contribution in [-0.2, 0) is 25.8 Å². The van der Waals surface area contributed by atoms with Gasteiger partial charge < -0.3 is 10.5 Å². The van der Waals surface area contributed by atoms with Crippen molar-refractivity contribution >= 4 is 11.3 Å². The fourth-order valence-electron chi connectivity index (χ4n) is 2.58. The summed E-state index contributed by atoms with van der Waals surface area (Å²) in [5.41, 5.74) is 12.3. The Morgan fingerprint density at radius 1 is 1.40 bits per heavy atom. The van der Waals surface area contributed by atoms with Crippen molar-refractivity contribution in [3.63, 3.8) is 0 Å². The van der Waals surface area contributed by atoms with Gasteiger partial charge in [-0.05, 0) is 37.8 Å². The zero-order valence-electron chi connectivity index (χ0n) is 11.7. The number of pyridine rings is 1. The summed E-state index contributed by atoms with van der Waals surface area (Å²) < 4.78 is 5.87. The molecule has 3 rings (SSSR count). The van der Waals surface area contributed by atoms with Gasteiger partial charge in [-0.2, -0.15) is 0 Å². The van der Waals surface area contributed by atoms with Crippen LogP contribution in [0.1, 0.15) is 33.8 Å². The number of thiazole rings is 1. The zero-order valence-corrected chi connectivity index (χ0v) is 12.5. The van der Waals surface area contributed by atoms with Crippen molar-refractivity contribution in [2.24, 2.45) is 5.73 Å². The SMILES string of the molecule is Cc1ncsc1CCOc1nc2c(cc1CN)CCC2. The fraction of sp³-hybridized carbons (Fsp3) is 0.467. The Morgan fingerprint density at radius 2 is 2.30 bits per heavy atom. The van der Waals surface area contributed by atoms with E-state index in [2.05, 4.69) is 16.0 Å².